The zero-order valence-electron chi connectivity index (χ0n) is 14.5. The van der Waals surface area contributed by atoms with Crippen molar-refractivity contribution in [3.63, 3.8) is 0 Å². The van der Waals surface area contributed by atoms with Crippen LogP contribution in [-0.2, 0) is 4.74 Å². The third kappa shape index (κ3) is 2.87. The molecule has 2 aromatic rings. The van der Waals surface area contributed by atoms with Gasteiger partial charge in [-0.15, -0.1) is 0 Å². The molecule has 10 heteroatoms. The van der Waals surface area contributed by atoms with Gasteiger partial charge in [0.15, 0.2) is 17.9 Å². The van der Waals surface area contributed by atoms with Crippen molar-refractivity contribution in [2.24, 2.45) is 5.73 Å². The van der Waals surface area contributed by atoms with Crippen LogP contribution in [0.4, 0.5) is 17.3 Å². The van der Waals surface area contributed by atoms with Crippen LogP contribution in [0.25, 0.3) is 0 Å². The summed E-state index contributed by atoms with van der Waals surface area (Å²) in [5.41, 5.74) is 13.9. The maximum absolute atomic E-state index is 10.4. The highest BCUT2D eigenvalue weighted by atomic mass is 16.6. The van der Waals surface area contributed by atoms with Crippen LogP contribution in [-0.4, -0.2) is 63.1 Å². The molecule has 27 heavy (non-hydrogen) atoms. The molecular formula is C17H22N6O4. The van der Waals surface area contributed by atoms with Crippen molar-refractivity contribution >= 4 is 17.3 Å². The molecule has 0 aliphatic carbocycles. The molecule has 5 atom stereocenters. The van der Waals surface area contributed by atoms with E-state index in [4.69, 9.17) is 16.2 Å². The molecule has 4 rings (SSSR count). The second-order valence-electron chi connectivity index (χ2n) is 6.60. The van der Waals surface area contributed by atoms with E-state index in [9.17, 15) is 15.3 Å². The van der Waals surface area contributed by atoms with E-state index in [1.54, 1.807) is 4.90 Å². The minimum Gasteiger partial charge on any atom is -0.394 e. The number of aliphatic hydroxyl groups is 3. The Kier molecular flexibility index (Phi) is 4.58. The van der Waals surface area contributed by atoms with Gasteiger partial charge in [-0.05, 0) is 5.56 Å². The van der Waals surface area contributed by atoms with E-state index in [2.05, 4.69) is 9.97 Å². The molecule has 0 spiro atoms. The maximum atomic E-state index is 10.4. The molecule has 0 radical (unpaired) electrons. The summed E-state index contributed by atoms with van der Waals surface area (Å²) in [5.74, 6) is 0.698. The Labute approximate surface area is 155 Å². The fraction of sp³-hybridized carbons (Fsp3) is 0.412. The number of benzene rings is 1. The Morgan fingerprint density at radius 3 is 2.59 bits per heavy atom. The van der Waals surface area contributed by atoms with Crippen molar-refractivity contribution in [1.82, 2.24) is 9.97 Å². The zero-order chi connectivity index (χ0) is 19.1. The van der Waals surface area contributed by atoms with Gasteiger partial charge in [-0.25, -0.2) is 9.97 Å². The molecule has 10 nitrogen and oxygen atoms in total. The first-order chi connectivity index (χ1) is 13.0. The lowest BCUT2D eigenvalue weighted by atomic mass is 10.1. The molecule has 0 bridgehead atoms. The van der Waals surface area contributed by atoms with Crippen LogP contribution in [0.1, 0.15) is 11.7 Å². The first-order valence-electron chi connectivity index (χ1n) is 8.59. The number of aromatic nitrogens is 2. The van der Waals surface area contributed by atoms with E-state index in [1.807, 2.05) is 35.2 Å². The quantitative estimate of drug-likeness (QED) is 0.438. The van der Waals surface area contributed by atoms with E-state index >= 15 is 0 Å². The molecule has 7 N–H and O–H groups in total. The van der Waals surface area contributed by atoms with Crippen LogP contribution in [0, 0.1) is 0 Å². The van der Waals surface area contributed by atoms with Crippen LogP contribution in [0.2, 0.25) is 0 Å². The molecule has 2 aliphatic rings. The summed E-state index contributed by atoms with van der Waals surface area (Å²) < 4.78 is 5.66. The average molecular weight is 374 g/mol. The Morgan fingerprint density at radius 1 is 1.19 bits per heavy atom. The van der Waals surface area contributed by atoms with Gasteiger partial charge in [-0.1, -0.05) is 30.3 Å². The van der Waals surface area contributed by atoms with Crippen LogP contribution < -0.4 is 21.3 Å². The van der Waals surface area contributed by atoms with Gasteiger partial charge in [-0.2, -0.15) is 0 Å². The Hall–Kier alpha value is -2.50. The van der Waals surface area contributed by atoms with Crippen molar-refractivity contribution < 1.29 is 20.1 Å². The van der Waals surface area contributed by atoms with Crippen LogP contribution >= 0.6 is 0 Å². The number of aliphatic hydroxyl groups excluding tert-OH is 3. The molecule has 3 heterocycles. The number of ether oxygens (including phenoxy) is 1. The molecule has 2 aliphatic heterocycles. The van der Waals surface area contributed by atoms with E-state index in [0.29, 0.717) is 11.5 Å². The number of rotatable bonds is 4. The second kappa shape index (κ2) is 6.91. The topological polar surface area (TPSA) is 154 Å². The maximum Gasteiger partial charge on any atom is 0.162 e. The highest BCUT2D eigenvalue weighted by molar-refractivity contribution is 5.82. The van der Waals surface area contributed by atoms with Gasteiger partial charge >= 0.3 is 0 Å². The SMILES string of the molecule is Nc1ncnc2c1N(C(N)c1ccccc1)CN2[C@@H]1O[C@H](CO)[C@@H](O)[C@H]1O. The summed E-state index contributed by atoms with van der Waals surface area (Å²) in [7, 11) is 0. The first kappa shape index (κ1) is 17.9. The number of nitrogens with zero attached hydrogens (tertiary/aromatic N) is 4. The molecule has 0 saturated carbocycles. The fourth-order valence-electron chi connectivity index (χ4n) is 3.57. The fourth-order valence-corrected chi connectivity index (χ4v) is 3.57. The molecule has 1 fully saturated rings. The third-order valence-electron chi connectivity index (χ3n) is 5.00. The zero-order valence-corrected chi connectivity index (χ0v) is 14.5. The summed E-state index contributed by atoms with van der Waals surface area (Å²) in [4.78, 5) is 11.8. The van der Waals surface area contributed by atoms with E-state index < -0.39 is 37.3 Å². The van der Waals surface area contributed by atoms with Gasteiger partial charge in [0.05, 0.1) is 13.3 Å². The molecule has 1 aromatic carbocycles. The molecule has 144 valence electrons. The number of nitrogens with two attached hydrogens (primary N) is 2. The summed E-state index contributed by atoms with van der Waals surface area (Å²) in [6.45, 7) is -0.185. The molecular weight excluding hydrogens is 352 g/mol. The van der Waals surface area contributed by atoms with Gasteiger partial charge < -0.3 is 41.3 Å². The lowest BCUT2D eigenvalue weighted by Crippen LogP contribution is -2.47. The highest BCUT2D eigenvalue weighted by Crippen LogP contribution is 2.43. The largest absolute Gasteiger partial charge is 0.394 e. The second-order valence-corrected chi connectivity index (χ2v) is 6.60. The van der Waals surface area contributed by atoms with E-state index in [0.717, 1.165) is 5.56 Å². The van der Waals surface area contributed by atoms with Crippen LogP contribution in [0.15, 0.2) is 36.7 Å². The Morgan fingerprint density at radius 2 is 1.93 bits per heavy atom. The number of fused-ring (bicyclic) bond motifs is 1. The predicted octanol–water partition coefficient (Wildman–Crippen LogP) is -1.26. The number of hydrogen-bond donors (Lipinski definition) is 5. The van der Waals surface area contributed by atoms with Gasteiger partial charge in [0.1, 0.15) is 36.5 Å². The van der Waals surface area contributed by atoms with Gasteiger partial charge in [0.25, 0.3) is 0 Å². The summed E-state index contributed by atoms with van der Waals surface area (Å²) >= 11 is 0. The van der Waals surface area contributed by atoms with Gasteiger partial charge in [-0.3, -0.25) is 0 Å². The van der Waals surface area contributed by atoms with Gasteiger partial charge in [0.2, 0.25) is 0 Å². The monoisotopic (exact) mass is 374 g/mol. The van der Waals surface area contributed by atoms with Crippen molar-refractivity contribution in [2.75, 3.05) is 28.8 Å². The summed E-state index contributed by atoms with van der Waals surface area (Å²) in [6, 6.07) is 9.48. The standard InChI is InChI=1S/C17H22N6O4/c18-14-11-16(21-7-20-14)23(17-13(26)12(25)10(6-24)27-17)8-22(11)15(19)9-4-2-1-3-5-9/h1-5,7,10,12-13,15,17,24-26H,6,8,19H2,(H2,18,20,21)/t10-,12-,13-,15?,17-/m1/s1. The smallest absolute Gasteiger partial charge is 0.162 e. The van der Waals surface area contributed by atoms with E-state index in [1.165, 1.54) is 6.33 Å². The van der Waals surface area contributed by atoms with Crippen LogP contribution in [0.5, 0.6) is 0 Å². The number of anilines is 3. The van der Waals surface area contributed by atoms with E-state index in [-0.39, 0.29) is 12.5 Å². The predicted molar refractivity (Wildman–Crippen MR) is 97.4 cm³/mol. The first-order valence-corrected chi connectivity index (χ1v) is 8.59. The number of hydrogen-bond acceptors (Lipinski definition) is 10. The minimum atomic E-state index is -1.22. The molecule has 1 unspecified atom stereocenters. The average Bonchev–Trinajstić information content (AvgIpc) is 3.21. The summed E-state index contributed by atoms with van der Waals surface area (Å²) in [5, 5.41) is 29.8. The van der Waals surface area contributed by atoms with Crippen molar-refractivity contribution in [3.8, 4) is 0 Å². The minimum absolute atomic E-state index is 0.223. The lowest BCUT2D eigenvalue weighted by Gasteiger charge is -2.30. The molecule has 1 aromatic heterocycles. The normalized spacial score (nSPS) is 28.4. The summed E-state index contributed by atoms with van der Waals surface area (Å²) in [6.07, 6.45) is -3.43. The Balaban J connectivity index is 1.70. The van der Waals surface area contributed by atoms with Crippen molar-refractivity contribution in [2.45, 2.75) is 30.7 Å². The molecule has 1 saturated heterocycles. The lowest BCUT2D eigenvalue weighted by molar-refractivity contribution is -0.0222. The van der Waals surface area contributed by atoms with Gasteiger partial charge in [0, 0.05) is 0 Å². The number of nitrogen functional groups attached to an aromatic ring is 1. The van der Waals surface area contributed by atoms with Crippen molar-refractivity contribution in [1.29, 1.82) is 0 Å². The highest BCUT2D eigenvalue weighted by Gasteiger charge is 2.49. The Bertz CT molecular complexity index is 809. The molecule has 0 amide bonds. The van der Waals surface area contributed by atoms with Crippen molar-refractivity contribution in [3.05, 3.63) is 42.2 Å². The third-order valence-corrected chi connectivity index (χ3v) is 5.00. The van der Waals surface area contributed by atoms with Crippen LogP contribution in [0.3, 0.4) is 0 Å².